The van der Waals surface area contributed by atoms with E-state index in [1.165, 1.54) is 15.3 Å². The van der Waals surface area contributed by atoms with Gasteiger partial charge in [0.25, 0.3) is 12.1 Å². The third-order valence-electron chi connectivity index (χ3n) is 6.03. The summed E-state index contributed by atoms with van der Waals surface area (Å²) in [6, 6.07) is 17.3. The fourth-order valence-corrected chi connectivity index (χ4v) is 4.78. The van der Waals surface area contributed by atoms with Gasteiger partial charge >= 0.3 is 5.88 Å². The lowest BCUT2D eigenvalue weighted by molar-refractivity contribution is -0.759. The number of amides is 1. The molecule has 10 nitrogen and oxygen atoms in total. The second-order valence-electron chi connectivity index (χ2n) is 9.04. The Hall–Kier alpha value is -3.96. The summed E-state index contributed by atoms with van der Waals surface area (Å²) in [5.41, 5.74) is 3.08. The van der Waals surface area contributed by atoms with Gasteiger partial charge in [0.15, 0.2) is 5.17 Å². The van der Waals surface area contributed by atoms with Crippen LogP contribution in [0.1, 0.15) is 30.9 Å². The Bertz CT molecular complexity index is 1360. The highest BCUT2D eigenvalue weighted by atomic mass is 32.2. The molecule has 5 rings (SSSR count). The van der Waals surface area contributed by atoms with E-state index in [1.54, 1.807) is 12.3 Å². The van der Waals surface area contributed by atoms with Crippen molar-refractivity contribution < 1.29 is 24.0 Å². The van der Waals surface area contributed by atoms with E-state index < -0.39 is 5.90 Å². The number of morpholine rings is 1. The Morgan fingerprint density at radius 2 is 1.89 bits per heavy atom. The zero-order valence-electron chi connectivity index (χ0n) is 21.2. The minimum atomic E-state index is -0.426. The fourth-order valence-electron chi connectivity index (χ4n) is 3.99. The third-order valence-corrected chi connectivity index (χ3v) is 6.95. The van der Waals surface area contributed by atoms with Crippen molar-refractivity contribution in [3.8, 4) is 0 Å². The van der Waals surface area contributed by atoms with E-state index in [-0.39, 0.29) is 17.5 Å². The lowest BCUT2D eigenvalue weighted by atomic mass is 10.0. The number of amidine groups is 1. The Labute approximate surface area is 224 Å². The van der Waals surface area contributed by atoms with E-state index in [4.69, 9.17) is 9.26 Å². The van der Waals surface area contributed by atoms with Crippen LogP contribution in [-0.4, -0.2) is 54.3 Å². The summed E-state index contributed by atoms with van der Waals surface area (Å²) >= 11 is 1.15. The van der Waals surface area contributed by atoms with Crippen molar-refractivity contribution in [2.24, 2.45) is 9.98 Å². The molecule has 0 unspecified atom stereocenters. The van der Waals surface area contributed by atoms with Crippen LogP contribution < -0.4 is 19.8 Å². The molecule has 0 aliphatic carbocycles. The number of para-hydroxylation sites is 1. The number of anilines is 1. The molecule has 38 heavy (non-hydrogen) atoms. The molecule has 0 radical (unpaired) electrons. The average molecular weight is 533 g/mol. The summed E-state index contributed by atoms with van der Waals surface area (Å²) in [6.45, 7) is 6.80. The Morgan fingerprint density at radius 3 is 2.61 bits per heavy atom. The number of rotatable bonds is 7. The maximum absolute atomic E-state index is 13.4. The summed E-state index contributed by atoms with van der Waals surface area (Å²) in [5.74, 6) is -0.173. The molecule has 2 aliphatic rings. The van der Waals surface area contributed by atoms with Crippen LogP contribution in [0.2, 0.25) is 0 Å². The van der Waals surface area contributed by atoms with E-state index in [9.17, 15) is 9.90 Å². The lowest BCUT2D eigenvalue weighted by Gasteiger charge is -2.18. The van der Waals surface area contributed by atoms with Gasteiger partial charge in [0.2, 0.25) is 5.27 Å². The van der Waals surface area contributed by atoms with Crippen molar-refractivity contribution >= 4 is 46.4 Å². The van der Waals surface area contributed by atoms with Gasteiger partial charge in [-0.25, -0.2) is 9.98 Å². The molecule has 1 aromatic heterocycles. The fraction of sp³-hybridized carbons (Fsp3) is 0.296. The Morgan fingerprint density at radius 1 is 1.16 bits per heavy atom. The minimum Gasteiger partial charge on any atom is -0.861 e. The van der Waals surface area contributed by atoms with Crippen LogP contribution in [0, 0.1) is 0 Å². The number of hydrogen-bond donors (Lipinski definition) is 0. The Balaban J connectivity index is 1.33. The van der Waals surface area contributed by atoms with Gasteiger partial charge in [-0.05, 0) is 41.2 Å². The number of thioether (sulfide) groups is 1. The second kappa shape index (κ2) is 11.6. The van der Waals surface area contributed by atoms with Gasteiger partial charge in [-0.1, -0.05) is 68.1 Å². The molecule has 0 saturated carbocycles. The second-order valence-corrected chi connectivity index (χ2v) is 9.98. The van der Waals surface area contributed by atoms with Crippen molar-refractivity contribution in [3.63, 3.8) is 0 Å². The largest absolute Gasteiger partial charge is 0.861 e. The van der Waals surface area contributed by atoms with Crippen LogP contribution in [0.25, 0.3) is 6.08 Å². The topological polar surface area (TPSA) is 110 Å². The molecule has 1 fully saturated rings. The summed E-state index contributed by atoms with van der Waals surface area (Å²) in [4.78, 5) is 25.0. The van der Waals surface area contributed by atoms with Crippen molar-refractivity contribution in [3.05, 3.63) is 77.6 Å². The molecular formula is C27H28N6O4S. The van der Waals surface area contributed by atoms with Gasteiger partial charge in [-0.2, -0.15) is 0 Å². The molecule has 1 amide bonds. The summed E-state index contributed by atoms with van der Waals surface area (Å²) in [5, 5.41) is 18.9. The molecule has 0 N–H and O–H groups in total. The quantitative estimate of drug-likeness (QED) is 0.199. The maximum Gasteiger partial charge on any atom is 0.324 e. The number of benzene rings is 2. The molecule has 3 heterocycles. The maximum atomic E-state index is 13.4. The van der Waals surface area contributed by atoms with Crippen molar-refractivity contribution in [1.29, 1.82) is 0 Å². The first-order chi connectivity index (χ1) is 18.5. The van der Waals surface area contributed by atoms with Crippen LogP contribution in [0.15, 0.2) is 81.0 Å². The first-order valence-electron chi connectivity index (χ1n) is 12.4. The molecule has 2 aliphatic heterocycles. The van der Waals surface area contributed by atoms with Crippen molar-refractivity contribution in [2.75, 3.05) is 42.0 Å². The predicted molar refractivity (Wildman–Crippen MR) is 145 cm³/mol. The first-order valence-corrected chi connectivity index (χ1v) is 13.4. The third kappa shape index (κ3) is 5.95. The number of aliphatic imine (C=N–C) groups is 2. The van der Waals surface area contributed by atoms with E-state index in [0.29, 0.717) is 48.8 Å². The number of carbonyl (C=O) groups is 1. The standard InChI is InChI=1S/C27H28N6O4S/c1-19(2)21-10-8-20(9-11-21)16-23-26(35)33(22-6-4-3-5-7-22)27(28-23)38-18-24(34)29-25-17-32(30-37-25)31-12-14-36-15-13-31/h3-11,16-17,19H,12-15,18H2,1-2H3/b23-16+. The van der Waals surface area contributed by atoms with Gasteiger partial charge in [-0.3, -0.25) is 14.2 Å². The Kier molecular flexibility index (Phi) is 7.85. The van der Waals surface area contributed by atoms with E-state index in [2.05, 4.69) is 41.2 Å². The van der Waals surface area contributed by atoms with Gasteiger partial charge in [0, 0.05) is 5.75 Å². The smallest absolute Gasteiger partial charge is 0.324 e. The SMILES string of the molecule is CC(C)c1ccc(/C=C2/N=C(SC/C([O-])=N/c3c[n+](N4CCOCC4)no3)N(c3ccccc3)C2=O)cc1. The van der Waals surface area contributed by atoms with E-state index >= 15 is 0 Å². The highest BCUT2D eigenvalue weighted by Crippen LogP contribution is 2.29. The normalized spacial score (nSPS) is 17.6. The minimum absolute atomic E-state index is 0.0237. The summed E-state index contributed by atoms with van der Waals surface area (Å²) in [7, 11) is 0. The zero-order valence-corrected chi connectivity index (χ0v) is 22.0. The van der Waals surface area contributed by atoms with Gasteiger partial charge in [0.05, 0.1) is 36.8 Å². The average Bonchev–Trinajstić information content (AvgIpc) is 3.53. The van der Waals surface area contributed by atoms with E-state index in [1.807, 2.05) is 47.5 Å². The number of ether oxygens (including phenoxy) is 1. The van der Waals surface area contributed by atoms with Crippen LogP contribution in [-0.2, 0) is 9.53 Å². The zero-order chi connectivity index (χ0) is 26.5. The number of carbonyl (C=O) groups excluding carboxylic acids is 1. The molecule has 0 bridgehead atoms. The number of nitrogens with zero attached hydrogens (tertiary/aromatic N) is 6. The molecule has 0 atom stereocenters. The predicted octanol–water partition coefficient (Wildman–Crippen LogP) is 2.62. The molecule has 0 spiro atoms. The summed E-state index contributed by atoms with van der Waals surface area (Å²) in [6.07, 6.45) is 3.33. The summed E-state index contributed by atoms with van der Waals surface area (Å²) < 4.78 is 10.5. The van der Waals surface area contributed by atoms with Crippen LogP contribution in [0.3, 0.4) is 0 Å². The lowest BCUT2D eigenvalue weighted by Crippen LogP contribution is -2.62. The molecule has 2 aromatic carbocycles. The van der Waals surface area contributed by atoms with Gasteiger partial charge in [-0.15, -0.1) is 5.01 Å². The van der Waals surface area contributed by atoms with Crippen LogP contribution in [0.5, 0.6) is 0 Å². The highest BCUT2D eigenvalue weighted by molar-refractivity contribution is 8.14. The van der Waals surface area contributed by atoms with Gasteiger partial charge < -0.3 is 9.84 Å². The van der Waals surface area contributed by atoms with Crippen molar-refractivity contribution in [1.82, 2.24) is 5.27 Å². The van der Waals surface area contributed by atoms with Crippen LogP contribution in [0.4, 0.5) is 11.6 Å². The molecule has 3 aromatic rings. The molecular weight excluding hydrogens is 504 g/mol. The first kappa shape index (κ1) is 25.7. The molecule has 1 saturated heterocycles. The van der Waals surface area contributed by atoms with E-state index in [0.717, 1.165) is 17.3 Å². The monoisotopic (exact) mass is 532 g/mol. The highest BCUT2D eigenvalue weighted by Gasteiger charge is 2.32. The van der Waals surface area contributed by atoms with Gasteiger partial charge in [0.1, 0.15) is 5.70 Å². The van der Waals surface area contributed by atoms with Crippen LogP contribution >= 0.6 is 11.8 Å². The number of aromatic nitrogens is 2. The molecule has 11 heteroatoms. The van der Waals surface area contributed by atoms with Crippen molar-refractivity contribution in [2.45, 2.75) is 19.8 Å². The molecule has 196 valence electrons. The number of hydrogen-bond acceptors (Lipinski definition) is 9.